The van der Waals surface area contributed by atoms with Crippen LogP contribution in [-0.2, 0) is 28.9 Å². The zero-order valence-corrected chi connectivity index (χ0v) is 19.1. The summed E-state index contributed by atoms with van der Waals surface area (Å²) >= 11 is 1.57. The van der Waals surface area contributed by atoms with E-state index in [1.54, 1.807) is 23.9 Å². The topological polar surface area (TPSA) is 136 Å². The molecule has 11 heteroatoms. The van der Waals surface area contributed by atoms with E-state index in [0.29, 0.717) is 5.75 Å². The van der Waals surface area contributed by atoms with Gasteiger partial charge in [-0.15, -0.1) is 0 Å². The van der Waals surface area contributed by atoms with Gasteiger partial charge in [-0.3, -0.25) is 4.79 Å². The molecule has 0 radical (unpaired) electrons. The number of carboxylic acids is 1. The Morgan fingerprint density at radius 2 is 1.81 bits per heavy atom. The van der Waals surface area contributed by atoms with Crippen molar-refractivity contribution in [3.63, 3.8) is 0 Å². The number of benzene rings is 1. The molecule has 9 nitrogen and oxygen atoms in total. The first kappa shape index (κ1) is 26.5. The molecular formula is C20H27NO8S2. The molecule has 31 heavy (non-hydrogen) atoms. The van der Waals surface area contributed by atoms with Gasteiger partial charge in [-0.2, -0.15) is 11.8 Å². The highest BCUT2D eigenvalue weighted by atomic mass is 32.2. The highest BCUT2D eigenvalue weighted by molar-refractivity contribution is 7.99. The lowest BCUT2D eigenvalue weighted by atomic mass is 10.0. The van der Waals surface area contributed by atoms with Crippen LogP contribution in [0.25, 0.3) is 0 Å². The van der Waals surface area contributed by atoms with Crippen LogP contribution in [0.5, 0.6) is 0 Å². The van der Waals surface area contributed by atoms with Crippen LogP contribution in [0.2, 0.25) is 0 Å². The Kier molecular flexibility index (Phi) is 11.1. The summed E-state index contributed by atoms with van der Waals surface area (Å²) in [6.45, 7) is 7.34. The van der Waals surface area contributed by atoms with Crippen LogP contribution in [0.1, 0.15) is 25.3 Å². The number of ether oxygens (including phenoxy) is 2. The Bertz CT molecular complexity index is 881. The Morgan fingerprint density at radius 3 is 2.39 bits per heavy atom. The fraction of sp³-hybridized carbons (Fsp3) is 0.450. The molecule has 1 unspecified atom stereocenters. The van der Waals surface area contributed by atoms with Gasteiger partial charge in [0.1, 0.15) is 13.2 Å². The van der Waals surface area contributed by atoms with Crippen molar-refractivity contribution in [2.45, 2.75) is 24.7 Å². The van der Waals surface area contributed by atoms with Crippen LogP contribution in [0.3, 0.4) is 0 Å². The van der Waals surface area contributed by atoms with Gasteiger partial charge >= 0.3 is 18.0 Å². The normalized spacial score (nSPS) is 11.9. The first-order chi connectivity index (χ1) is 14.5. The minimum absolute atomic E-state index is 0.0210. The van der Waals surface area contributed by atoms with Crippen molar-refractivity contribution >= 4 is 39.6 Å². The number of hydrogen-bond acceptors (Lipinski definition) is 8. The minimum Gasteiger partial charge on any atom is -0.480 e. The summed E-state index contributed by atoms with van der Waals surface area (Å²) in [4.78, 5) is 33.3. The second-order valence-electron chi connectivity index (χ2n) is 6.68. The molecule has 0 aromatic heterocycles. The third kappa shape index (κ3) is 10.4. The zero-order valence-electron chi connectivity index (χ0n) is 17.5. The SMILES string of the molecule is C=C(C)C(=O)OCCNC(=O)OCCSCC(C)c1ccc(S(=O)(=O)CC(=O)O)cc1. The van der Waals surface area contributed by atoms with Crippen molar-refractivity contribution in [1.82, 2.24) is 5.32 Å². The number of carbonyl (C=O) groups is 3. The number of nitrogens with one attached hydrogen (secondary N) is 1. The fourth-order valence-electron chi connectivity index (χ4n) is 2.27. The van der Waals surface area contributed by atoms with E-state index < -0.39 is 33.6 Å². The van der Waals surface area contributed by atoms with E-state index in [9.17, 15) is 22.8 Å². The van der Waals surface area contributed by atoms with Crippen LogP contribution in [0.4, 0.5) is 4.79 Å². The van der Waals surface area contributed by atoms with Crippen molar-refractivity contribution in [1.29, 1.82) is 0 Å². The number of aliphatic carboxylic acids is 1. The Labute approximate surface area is 186 Å². The lowest BCUT2D eigenvalue weighted by Gasteiger charge is -2.12. The molecule has 2 N–H and O–H groups in total. The summed E-state index contributed by atoms with van der Waals surface area (Å²) in [7, 11) is -3.84. The summed E-state index contributed by atoms with van der Waals surface area (Å²) in [5.41, 5.74) is 1.21. The van der Waals surface area contributed by atoms with Crippen molar-refractivity contribution in [3.8, 4) is 0 Å². The number of rotatable bonds is 13. The molecule has 0 fully saturated rings. The smallest absolute Gasteiger partial charge is 0.407 e. The number of carboxylic acid groups (broad SMARTS) is 1. The summed E-state index contributed by atoms with van der Waals surface area (Å²) in [5, 5.41) is 11.2. The predicted octanol–water partition coefficient (Wildman–Crippen LogP) is 2.23. The Morgan fingerprint density at radius 1 is 1.16 bits per heavy atom. The van der Waals surface area contributed by atoms with Gasteiger partial charge in [0.25, 0.3) is 0 Å². The molecule has 0 aliphatic carbocycles. The van der Waals surface area contributed by atoms with E-state index in [2.05, 4.69) is 11.9 Å². The van der Waals surface area contributed by atoms with E-state index in [4.69, 9.17) is 14.6 Å². The van der Waals surface area contributed by atoms with Crippen LogP contribution in [0, 0.1) is 0 Å². The predicted molar refractivity (Wildman–Crippen MR) is 117 cm³/mol. The number of esters is 1. The quantitative estimate of drug-likeness (QED) is 0.251. The van der Waals surface area contributed by atoms with E-state index in [1.807, 2.05) is 6.92 Å². The van der Waals surface area contributed by atoms with Gasteiger partial charge in [0, 0.05) is 17.1 Å². The molecule has 0 aliphatic heterocycles. The molecule has 1 aromatic rings. The maximum absolute atomic E-state index is 11.9. The average molecular weight is 474 g/mol. The first-order valence-corrected chi connectivity index (χ1v) is 12.2. The monoisotopic (exact) mass is 473 g/mol. The highest BCUT2D eigenvalue weighted by Gasteiger charge is 2.19. The summed E-state index contributed by atoms with van der Waals surface area (Å²) in [6, 6.07) is 6.17. The summed E-state index contributed by atoms with van der Waals surface area (Å²) < 4.78 is 33.7. The first-order valence-electron chi connectivity index (χ1n) is 9.38. The molecule has 1 rings (SSSR count). The van der Waals surface area contributed by atoms with Gasteiger partial charge in [0.2, 0.25) is 0 Å². The number of carbonyl (C=O) groups excluding carboxylic acids is 2. The van der Waals surface area contributed by atoms with E-state index in [-0.39, 0.29) is 36.1 Å². The van der Waals surface area contributed by atoms with Crippen LogP contribution in [-0.4, -0.2) is 68.6 Å². The zero-order chi connectivity index (χ0) is 23.4. The van der Waals surface area contributed by atoms with Crippen molar-refractivity contribution < 1.29 is 37.4 Å². The largest absolute Gasteiger partial charge is 0.480 e. The second kappa shape index (κ2) is 13.0. The molecular weight excluding hydrogens is 446 g/mol. The Balaban J connectivity index is 2.26. The van der Waals surface area contributed by atoms with Gasteiger partial charge in [-0.25, -0.2) is 18.0 Å². The van der Waals surface area contributed by atoms with Gasteiger partial charge < -0.3 is 19.9 Å². The lowest BCUT2D eigenvalue weighted by Crippen LogP contribution is -2.29. The van der Waals surface area contributed by atoms with Crippen molar-refractivity contribution in [2.24, 2.45) is 0 Å². The third-order valence-electron chi connectivity index (χ3n) is 3.90. The maximum Gasteiger partial charge on any atom is 0.407 e. The molecule has 0 saturated carbocycles. The molecule has 0 heterocycles. The fourth-order valence-corrected chi connectivity index (χ4v) is 4.23. The Hall–Kier alpha value is -2.53. The maximum atomic E-state index is 11.9. The highest BCUT2D eigenvalue weighted by Crippen LogP contribution is 2.22. The third-order valence-corrected chi connectivity index (χ3v) is 6.71. The van der Waals surface area contributed by atoms with Gasteiger partial charge in [-0.05, 0) is 30.5 Å². The van der Waals surface area contributed by atoms with E-state index in [0.717, 1.165) is 11.3 Å². The standard InChI is InChI=1S/C20H27NO8S2/c1-14(2)19(24)28-9-8-21-20(25)29-10-11-30-12-15(3)16-4-6-17(7-5-16)31(26,27)13-18(22)23/h4-7,15H,1,8-13H2,2-3H3,(H,21,25)(H,22,23). The van der Waals surface area contributed by atoms with Crippen LogP contribution < -0.4 is 5.32 Å². The number of sulfone groups is 1. The molecule has 0 spiro atoms. The molecule has 1 aromatic carbocycles. The summed E-state index contributed by atoms with van der Waals surface area (Å²) in [5.74, 6) is -1.42. The average Bonchev–Trinajstić information content (AvgIpc) is 2.69. The molecule has 0 aliphatic rings. The summed E-state index contributed by atoms with van der Waals surface area (Å²) in [6.07, 6.45) is -0.599. The molecule has 1 amide bonds. The van der Waals surface area contributed by atoms with Gasteiger partial charge in [-0.1, -0.05) is 25.6 Å². The molecule has 1 atom stereocenters. The molecule has 0 saturated heterocycles. The number of alkyl carbamates (subject to hydrolysis) is 1. The second-order valence-corrected chi connectivity index (χ2v) is 9.82. The van der Waals surface area contributed by atoms with Crippen molar-refractivity contribution in [2.75, 3.05) is 37.0 Å². The number of hydrogen-bond donors (Lipinski definition) is 2. The molecule has 0 bridgehead atoms. The van der Waals surface area contributed by atoms with Gasteiger partial charge in [0.15, 0.2) is 15.6 Å². The van der Waals surface area contributed by atoms with E-state index in [1.165, 1.54) is 19.1 Å². The lowest BCUT2D eigenvalue weighted by molar-refractivity contribution is -0.138. The van der Waals surface area contributed by atoms with Gasteiger partial charge in [0.05, 0.1) is 11.4 Å². The van der Waals surface area contributed by atoms with Crippen molar-refractivity contribution in [3.05, 3.63) is 42.0 Å². The van der Waals surface area contributed by atoms with E-state index >= 15 is 0 Å². The number of thioether (sulfide) groups is 1. The van der Waals surface area contributed by atoms with Crippen LogP contribution >= 0.6 is 11.8 Å². The minimum atomic E-state index is -3.84. The number of amides is 1. The molecule has 172 valence electrons. The van der Waals surface area contributed by atoms with Crippen LogP contribution in [0.15, 0.2) is 41.3 Å².